The van der Waals surface area contributed by atoms with Crippen molar-refractivity contribution in [2.45, 2.75) is 45.1 Å². The van der Waals surface area contributed by atoms with Crippen molar-refractivity contribution in [3.8, 4) is 5.75 Å². The number of ether oxygens (including phenoxy) is 1. The molecule has 3 N–H and O–H groups in total. The number of nitrogens with two attached hydrogens (primary N) is 1. The monoisotopic (exact) mass is 383 g/mol. The van der Waals surface area contributed by atoms with Crippen molar-refractivity contribution < 1.29 is 14.3 Å². The van der Waals surface area contributed by atoms with Gasteiger partial charge < -0.3 is 20.7 Å². The fourth-order valence-electron chi connectivity index (χ4n) is 3.03. The van der Waals surface area contributed by atoms with Crippen LogP contribution in [0.2, 0.25) is 0 Å². The Balaban J connectivity index is 0.00000338. The van der Waals surface area contributed by atoms with Gasteiger partial charge in [-0.25, -0.2) is 0 Å². The van der Waals surface area contributed by atoms with Gasteiger partial charge in [-0.2, -0.15) is 0 Å². The van der Waals surface area contributed by atoms with E-state index in [2.05, 4.69) is 5.32 Å². The van der Waals surface area contributed by atoms with Crippen LogP contribution < -0.4 is 15.8 Å². The zero-order chi connectivity index (χ0) is 18.1. The van der Waals surface area contributed by atoms with Crippen molar-refractivity contribution in [1.82, 2.24) is 10.2 Å². The molecule has 1 aliphatic rings. The summed E-state index contributed by atoms with van der Waals surface area (Å²) < 4.78 is 5.79. The summed E-state index contributed by atoms with van der Waals surface area (Å²) in [4.78, 5) is 26.1. The summed E-state index contributed by atoms with van der Waals surface area (Å²) in [5.74, 6) is 0.661. The van der Waals surface area contributed by atoms with Crippen molar-refractivity contribution >= 4 is 24.2 Å². The Bertz CT molecular complexity index is 577. The molecular formula is C19H30ClN3O3. The smallest absolute Gasteiger partial charge is 0.260 e. The van der Waals surface area contributed by atoms with Crippen LogP contribution in [0.3, 0.4) is 0 Å². The van der Waals surface area contributed by atoms with Gasteiger partial charge in [-0.3, -0.25) is 9.59 Å². The van der Waals surface area contributed by atoms with Crippen molar-refractivity contribution in [2.24, 2.45) is 5.73 Å². The van der Waals surface area contributed by atoms with Crippen LogP contribution in [-0.4, -0.2) is 43.0 Å². The third-order valence-corrected chi connectivity index (χ3v) is 4.46. The van der Waals surface area contributed by atoms with E-state index >= 15 is 0 Å². The minimum Gasteiger partial charge on any atom is -0.483 e. The lowest BCUT2D eigenvalue weighted by atomic mass is 10.0. The summed E-state index contributed by atoms with van der Waals surface area (Å²) in [6.45, 7) is 4.19. The van der Waals surface area contributed by atoms with Crippen LogP contribution in [0.5, 0.6) is 5.75 Å². The minimum absolute atomic E-state index is 0. The molecule has 1 fully saturated rings. The normalized spacial score (nSPS) is 14.5. The van der Waals surface area contributed by atoms with Gasteiger partial charge in [-0.05, 0) is 38.3 Å². The highest BCUT2D eigenvalue weighted by atomic mass is 35.5. The van der Waals surface area contributed by atoms with E-state index in [1.165, 1.54) is 0 Å². The maximum atomic E-state index is 12.2. The number of hydrogen-bond acceptors (Lipinski definition) is 4. The first-order valence-corrected chi connectivity index (χ1v) is 9.14. The highest BCUT2D eigenvalue weighted by Crippen LogP contribution is 2.27. The van der Waals surface area contributed by atoms with Crippen molar-refractivity contribution in [3.05, 3.63) is 29.8 Å². The molecule has 0 aromatic heterocycles. The lowest BCUT2D eigenvalue weighted by Gasteiger charge is -2.21. The average molecular weight is 384 g/mol. The third kappa shape index (κ3) is 6.50. The fraction of sp³-hybridized carbons (Fsp3) is 0.579. The van der Waals surface area contributed by atoms with Gasteiger partial charge in [-0.15, -0.1) is 12.4 Å². The summed E-state index contributed by atoms with van der Waals surface area (Å²) >= 11 is 0. The molecule has 6 nitrogen and oxygen atoms in total. The van der Waals surface area contributed by atoms with Crippen LogP contribution in [0.4, 0.5) is 0 Å². The van der Waals surface area contributed by atoms with E-state index in [0.29, 0.717) is 25.1 Å². The maximum Gasteiger partial charge on any atom is 0.260 e. The molecule has 1 aliphatic heterocycles. The zero-order valence-electron chi connectivity index (χ0n) is 15.4. The molecule has 1 heterocycles. The molecule has 0 radical (unpaired) electrons. The minimum atomic E-state index is -0.136. The Morgan fingerprint density at radius 3 is 2.62 bits per heavy atom. The van der Waals surface area contributed by atoms with Crippen molar-refractivity contribution in [2.75, 3.05) is 26.2 Å². The van der Waals surface area contributed by atoms with E-state index in [-0.39, 0.29) is 36.9 Å². The van der Waals surface area contributed by atoms with Crippen LogP contribution in [0.1, 0.15) is 50.6 Å². The Morgan fingerprint density at radius 1 is 1.27 bits per heavy atom. The largest absolute Gasteiger partial charge is 0.483 e. The Labute approximate surface area is 161 Å². The predicted octanol–water partition coefficient (Wildman–Crippen LogP) is 2.42. The van der Waals surface area contributed by atoms with Crippen molar-refractivity contribution in [3.63, 3.8) is 0 Å². The molecule has 0 bridgehead atoms. The SMILES string of the molecule is CCC(NC(=O)CCCN)c1ccccc1OCC(=O)N1CCCC1.Cl. The molecule has 7 heteroatoms. The second kappa shape index (κ2) is 11.8. The van der Waals surface area contributed by atoms with Gasteiger partial charge in [0.15, 0.2) is 6.61 Å². The molecule has 146 valence electrons. The summed E-state index contributed by atoms with van der Waals surface area (Å²) in [6.07, 6.45) is 3.97. The Morgan fingerprint density at radius 2 is 1.96 bits per heavy atom. The number of benzene rings is 1. The molecule has 1 aromatic rings. The number of nitrogens with zero attached hydrogens (tertiary/aromatic N) is 1. The number of para-hydroxylation sites is 1. The number of nitrogens with one attached hydrogen (secondary N) is 1. The molecule has 0 spiro atoms. The second-order valence-corrected chi connectivity index (χ2v) is 6.33. The molecule has 1 atom stereocenters. The first-order chi connectivity index (χ1) is 12.2. The summed E-state index contributed by atoms with van der Waals surface area (Å²) in [5, 5.41) is 3.03. The van der Waals surface area contributed by atoms with E-state index in [4.69, 9.17) is 10.5 Å². The predicted molar refractivity (Wildman–Crippen MR) is 104 cm³/mol. The first kappa shape index (κ1) is 22.3. The Kier molecular flexibility index (Phi) is 10.1. The number of likely N-dealkylation sites (tertiary alicyclic amines) is 1. The van der Waals surface area contributed by atoms with Gasteiger partial charge in [0.25, 0.3) is 5.91 Å². The van der Waals surface area contributed by atoms with Crippen LogP contribution in [0.25, 0.3) is 0 Å². The van der Waals surface area contributed by atoms with Crippen LogP contribution >= 0.6 is 12.4 Å². The highest BCUT2D eigenvalue weighted by molar-refractivity contribution is 5.85. The molecule has 1 aromatic carbocycles. The molecule has 0 saturated carbocycles. The first-order valence-electron chi connectivity index (χ1n) is 9.14. The van der Waals surface area contributed by atoms with E-state index in [1.807, 2.05) is 36.1 Å². The summed E-state index contributed by atoms with van der Waals surface area (Å²) in [6, 6.07) is 7.44. The van der Waals surface area contributed by atoms with Gasteiger partial charge in [-0.1, -0.05) is 25.1 Å². The van der Waals surface area contributed by atoms with Gasteiger partial charge in [0.2, 0.25) is 5.91 Å². The third-order valence-electron chi connectivity index (χ3n) is 4.46. The topological polar surface area (TPSA) is 84.7 Å². The maximum absolute atomic E-state index is 12.2. The van der Waals surface area contributed by atoms with Crippen LogP contribution in [0, 0.1) is 0 Å². The molecule has 1 saturated heterocycles. The summed E-state index contributed by atoms with van der Waals surface area (Å²) in [7, 11) is 0. The van der Waals surface area contributed by atoms with Crippen molar-refractivity contribution in [1.29, 1.82) is 0 Å². The molecule has 1 unspecified atom stereocenters. The van der Waals surface area contributed by atoms with E-state index in [0.717, 1.165) is 37.9 Å². The number of rotatable bonds is 9. The second-order valence-electron chi connectivity index (χ2n) is 6.33. The van der Waals surface area contributed by atoms with Crippen LogP contribution in [-0.2, 0) is 9.59 Å². The van der Waals surface area contributed by atoms with Gasteiger partial charge in [0.05, 0.1) is 6.04 Å². The fourth-order valence-corrected chi connectivity index (χ4v) is 3.03. The lowest BCUT2D eigenvalue weighted by molar-refractivity contribution is -0.132. The highest BCUT2D eigenvalue weighted by Gasteiger charge is 2.20. The average Bonchev–Trinajstić information content (AvgIpc) is 3.17. The van der Waals surface area contributed by atoms with E-state index in [9.17, 15) is 9.59 Å². The molecule has 2 amide bonds. The number of halogens is 1. The standard InChI is InChI=1S/C19H29N3O3.ClH/c1-2-16(21-18(23)10-7-11-20)15-8-3-4-9-17(15)25-14-19(24)22-12-5-6-13-22;/h3-4,8-9,16H,2,5-7,10-14,20H2,1H3,(H,21,23);1H. The van der Waals surface area contributed by atoms with E-state index < -0.39 is 0 Å². The van der Waals surface area contributed by atoms with E-state index in [1.54, 1.807) is 0 Å². The van der Waals surface area contributed by atoms with Gasteiger partial charge in [0.1, 0.15) is 5.75 Å². The zero-order valence-corrected chi connectivity index (χ0v) is 16.2. The number of hydrogen-bond donors (Lipinski definition) is 2. The van der Waals surface area contributed by atoms with Gasteiger partial charge in [0, 0.05) is 25.1 Å². The Hall–Kier alpha value is -1.79. The number of amides is 2. The number of carbonyl (C=O) groups excluding carboxylic acids is 2. The molecule has 2 rings (SSSR count). The molecule has 0 aliphatic carbocycles. The quantitative estimate of drug-likeness (QED) is 0.685. The summed E-state index contributed by atoms with van der Waals surface area (Å²) in [5.41, 5.74) is 6.36. The lowest BCUT2D eigenvalue weighted by Crippen LogP contribution is -2.32. The molecule has 26 heavy (non-hydrogen) atoms. The molecular weight excluding hydrogens is 354 g/mol. The van der Waals surface area contributed by atoms with Crippen LogP contribution in [0.15, 0.2) is 24.3 Å². The van der Waals surface area contributed by atoms with Gasteiger partial charge >= 0.3 is 0 Å². The number of carbonyl (C=O) groups is 2.